The van der Waals surface area contributed by atoms with Crippen LogP contribution in [0.4, 0.5) is 4.39 Å². The molecule has 11 heteroatoms. The lowest BCUT2D eigenvalue weighted by Crippen LogP contribution is -2.30. The quantitative estimate of drug-likeness (QED) is 0.134. The molecule has 0 bridgehead atoms. The monoisotopic (exact) mass is 588 g/mol. The van der Waals surface area contributed by atoms with Crippen molar-refractivity contribution in [1.82, 2.24) is 10.6 Å². The molecule has 0 spiro atoms. The lowest BCUT2D eigenvalue weighted by atomic mass is 10.0. The fourth-order valence-electron chi connectivity index (χ4n) is 4.76. The Labute approximate surface area is 244 Å². The Morgan fingerprint density at radius 3 is 1.98 bits per heavy atom. The van der Waals surface area contributed by atoms with Crippen molar-refractivity contribution in [3.8, 4) is 28.7 Å². The van der Waals surface area contributed by atoms with Gasteiger partial charge in [0.2, 0.25) is 5.75 Å². The number of halogens is 1. The molecule has 2 N–H and O–H groups in total. The zero-order valence-electron chi connectivity index (χ0n) is 23.9. The number of hydrogen-bond donors (Lipinski definition) is 2. The average molecular weight is 589 g/mol. The van der Waals surface area contributed by atoms with Crippen LogP contribution in [0, 0.1) is 5.82 Å². The van der Waals surface area contributed by atoms with E-state index in [1.54, 1.807) is 52.3 Å². The predicted octanol–water partition coefficient (Wildman–Crippen LogP) is 5.95. The summed E-state index contributed by atoms with van der Waals surface area (Å²) in [7, 11) is 7.87. The molecule has 41 heavy (non-hydrogen) atoms. The molecule has 1 heterocycles. The van der Waals surface area contributed by atoms with Crippen molar-refractivity contribution in [2.24, 2.45) is 0 Å². The van der Waals surface area contributed by atoms with Crippen LogP contribution in [-0.2, 0) is 11.3 Å². The van der Waals surface area contributed by atoms with Crippen molar-refractivity contribution in [2.75, 3.05) is 47.8 Å². The van der Waals surface area contributed by atoms with Crippen LogP contribution in [0.1, 0.15) is 41.7 Å². The number of nitrogens with one attached hydrogen (secondary N) is 1. The number of thioether (sulfide) groups is 1. The summed E-state index contributed by atoms with van der Waals surface area (Å²) < 4.78 is 48.2. The van der Waals surface area contributed by atoms with Gasteiger partial charge in [0, 0.05) is 29.8 Å². The first kappa shape index (κ1) is 30.7. The number of rotatable bonds is 14. The highest BCUT2D eigenvalue weighted by Gasteiger charge is 2.31. The van der Waals surface area contributed by atoms with Gasteiger partial charge in [0.25, 0.3) is 0 Å². The minimum Gasteiger partial charge on any atom is -0.493 e. The Morgan fingerprint density at radius 2 is 1.44 bits per heavy atom. The summed E-state index contributed by atoms with van der Waals surface area (Å²) >= 11 is 1.57. The van der Waals surface area contributed by atoms with Crippen molar-refractivity contribution in [3.05, 3.63) is 71.0 Å². The van der Waals surface area contributed by atoms with Crippen LogP contribution in [0.3, 0.4) is 0 Å². The number of ether oxygens (including phenoxy) is 6. The van der Waals surface area contributed by atoms with E-state index in [-0.39, 0.29) is 18.0 Å². The van der Waals surface area contributed by atoms with Crippen LogP contribution in [-0.4, -0.2) is 58.2 Å². The molecule has 1 aliphatic heterocycles. The molecule has 1 aliphatic rings. The molecule has 3 aromatic carbocycles. The molecule has 0 amide bonds. The number of benzene rings is 3. The van der Waals surface area contributed by atoms with Gasteiger partial charge in [-0.25, -0.2) is 9.82 Å². The van der Waals surface area contributed by atoms with Crippen molar-refractivity contribution >= 4 is 11.8 Å². The van der Waals surface area contributed by atoms with E-state index < -0.39 is 0 Å². The maximum atomic E-state index is 13.2. The molecule has 0 aliphatic carbocycles. The number of hydrogen-bond acceptors (Lipinski definition) is 10. The summed E-state index contributed by atoms with van der Waals surface area (Å²) in [5.74, 6) is 3.26. The summed E-state index contributed by atoms with van der Waals surface area (Å²) in [6.07, 6.45) is 1.26. The Bertz CT molecular complexity index is 1270. The van der Waals surface area contributed by atoms with E-state index in [2.05, 4.69) is 5.43 Å². The predicted molar refractivity (Wildman–Crippen MR) is 154 cm³/mol. The molecular weight excluding hydrogens is 551 g/mol. The van der Waals surface area contributed by atoms with Crippen molar-refractivity contribution in [3.63, 3.8) is 0 Å². The van der Waals surface area contributed by atoms with E-state index in [1.807, 2.05) is 24.3 Å². The fraction of sp³-hybridized carbons (Fsp3) is 0.400. The lowest BCUT2D eigenvalue weighted by Gasteiger charge is -2.21. The second-order valence-corrected chi connectivity index (χ2v) is 10.5. The largest absolute Gasteiger partial charge is 0.493 e. The van der Waals surface area contributed by atoms with Crippen LogP contribution >= 0.6 is 11.8 Å². The number of nitrogens with zero attached hydrogens (tertiary/aromatic N) is 1. The normalized spacial score (nSPS) is 16.6. The summed E-state index contributed by atoms with van der Waals surface area (Å²) in [4.78, 5) is 0.959. The summed E-state index contributed by atoms with van der Waals surface area (Å²) in [5, 5.41) is 10.6. The topological polar surface area (TPSA) is 90.9 Å². The summed E-state index contributed by atoms with van der Waals surface area (Å²) in [6.45, 7) is 0.712. The van der Waals surface area contributed by atoms with Crippen LogP contribution < -0.4 is 29.1 Å². The molecule has 1 fully saturated rings. The lowest BCUT2D eigenvalue weighted by molar-refractivity contribution is -0.114. The third-order valence-electron chi connectivity index (χ3n) is 6.73. The highest BCUT2D eigenvalue weighted by Crippen LogP contribution is 2.47. The summed E-state index contributed by atoms with van der Waals surface area (Å²) in [5.41, 5.74) is 5.60. The molecule has 0 aromatic heterocycles. The second-order valence-electron chi connectivity index (χ2n) is 9.37. The van der Waals surface area contributed by atoms with Gasteiger partial charge in [0.05, 0.1) is 47.3 Å². The molecule has 2 unspecified atom stereocenters. The molecular formula is C30H37FN2O7S. The molecule has 2 atom stereocenters. The van der Waals surface area contributed by atoms with E-state index in [4.69, 9.17) is 28.4 Å². The minimum atomic E-state index is -0.262. The zero-order chi connectivity index (χ0) is 29.4. The zero-order valence-corrected chi connectivity index (χ0v) is 24.8. The van der Waals surface area contributed by atoms with Crippen LogP contribution in [0.25, 0.3) is 0 Å². The molecule has 0 saturated carbocycles. The number of hydrazine groups is 1. The molecule has 1 saturated heterocycles. The van der Waals surface area contributed by atoms with Crippen LogP contribution in [0.15, 0.2) is 53.4 Å². The van der Waals surface area contributed by atoms with Gasteiger partial charge in [-0.1, -0.05) is 0 Å². The summed E-state index contributed by atoms with van der Waals surface area (Å²) in [6, 6.07) is 14.2. The van der Waals surface area contributed by atoms with E-state index in [0.717, 1.165) is 39.6 Å². The van der Waals surface area contributed by atoms with E-state index in [1.165, 1.54) is 19.2 Å². The first-order valence-electron chi connectivity index (χ1n) is 13.2. The fourth-order valence-corrected chi connectivity index (χ4v) is 5.50. The standard InChI is InChI=1S/C30H37FN2O7S/c1-33(34)32-18-21-14-19(15-26(35-2)29(21)39-12-13-41-23-8-6-22(31)7-9-23)24-10-11-25(40-24)20-16-27(36-3)30(38-5)28(17-20)37-4/h6-9,14-17,24-25,32,34H,10-13,18H2,1-5H3. The van der Waals surface area contributed by atoms with E-state index in [0.29, 0.717) is 47.7 Å². The molecule has 0 radical (unpaired) electrons. The first-order valence-corrected chi connectivity index (χ1v) is 14.2. The molecule has 222 valence electrons. The van der Waals surface area contributed by atoms with Crippen molar-refractivity contribution in [1.29, 1.82) is 0 Å². The van der Waals surface area contributed by atoms with E-state index >= 15 is 0 Å². The van der Waals surface area contributed by atoms with Gasteiger partial charge in [-0.15, -0.1) is 16.9 Å². The van der Waals surface area contributed by atoms with Gasteiger partial charge in [-0.05, 0) is 72.5 Å². The maximum Gasteiger partial charge on any atom is 0.203 e. The Kier molecular flexibility index (Phi) is 10.9. The second kappa shape index (κ2) is 14.6. The minimum absolute atomic E-state index is 0.163. The van der Waals surface area contributed by atoms with Gasteiger partial charge < -0.3 is 28.4 Å². The van der Waals surface area contributed by atoms with Crippen molar-refractivity contribution in [2.45, 2.75) is 36.5 Å². The average Bonchev–Trinajstić information content (AvgIpc) is 3.48. The van der Waals surface area contributed by atoms with Gasteiger partial charge >= 0.3 is 0 Å². The molecule has 3 aromatic rings. The number of hydroxylamine groups is 1. The van der Waals surface area contributed by atoms with Gasteiger partial charge in [-0.3, -0.25) is 5.21 Å². The first-order chi connectivity index (χ1) is 19.9. The maximum absolute atomic E-state index is 13.2. The van der Waals surface area contributed by atoms with Crippen LogP contribution in [0.5, 0.6) is 28.7 Å². The number of methoxy groups -OCH3 is 4. The van der Waals surface area contributed by atoms with Gasteiger partial charge in [0.1, 0.15) is 5.82 Å². The Hall–Kier alpha value is -3.22. The highest BCUT2D eigenvalue weighted by atomic mass is 32.2. The van der Waals surface area contributed by atoms with Gasteiger partial charge in [0.15, 0.2) is 23.0 Å². The Morgan fingerprint density at radius 1 is 0.878 bits per heavy atom. The smallest absolute Gasteiger partial charge is 0.203 e. The highest BCUT2D eigenvalue weighted by molar-refractivity contribution is 7.99. The van der Waals surface area contributed by atoms with E-state index in [9.17, 15) is 9.60 Å². The Balaban J connectivity index is 1.52. The van der Waals surface area contributed by atoms with Gasteiger partial charge in [-0.2, -0.15) is 0 Å². The van der Waals surface area contributed by atoms with Crippen LogP contribution in [0.2, 0.25) is 0 Å². The molecule has 9 nitrogen and oxygen atoms in total. The third kappa shape index (κ3) is 7.75. The third-order valence-corrected chi connectivity index (χ3v) is 7.71. The van der Waals surface area contributed by atoms with Crippen molar-refractivity contribution < 1.29 is 38.0 Å². The molecule has 4 rings (SSSR count). The SMILES string of the molecule is COc1cc(C2CCC(c3cc(OC)c(OC)c(OC)c3)O2)cc(CNN(C)O)c1OCCSc1ccc(F)cc1.